The summed E-state index contributed by atoms with van der Waals surface area (Å²) in [6.45, 7) is 1.26. The van der Waals surface area contributed by atoms with Crippen molar-refractivity contribution in [2.75, 3.05) is 24.6 Å². The maximum atomic E-state index is 12.1. The molecule has 6 nitrogen and oxygen atoms in total. The number of nitrogens with two attached hydrogens (primary N) is 1. The summed E-state index contributed by atoms with van der Waals surface area (Å²) < 4.78 is 24.2. The van der Waals surface area contributed by atoms with E-state index < -0.39 is 15.6 Å². The van der Waals surface area contributed by atoms with Gasteiger partial charge in [0.2, 0.25) is 15.7 Å². The first-order valence-corrected chi connectivity index (χ1v) is 7.87. The smallest absolute Gasteiger partial charge is 0.238 e. The molecule has 1 fully saturated rings. The molecular formula is C12H17N3O3S. The average molecular weight is 283 g/mol. The quantitative estimate of drug-likeness (QED) is 0.869. The van der Waals surface area contributed by atoms with Gasteiger partial charge in [0, 0.05) is 19.3 Å². The van der Waals surface area contributed by atoms with Gasteiger partial charge in [-0.1, -0.05) is 0 Å². The van der Waals surface area contributed by atoms with Crippen LogP contribution < -0.4 is 5.73 Å². The molecule has 1 aromatic heterocycles. The number of pyridine rings is 1. The lowest BCUT2D eigenvalue weighted by atomic mass is 10.1. The number of carbonyl (C=O) groups is 1. The maximum Gasteiger partial charge on any atom is 0.238 e. The number of hydrogen-bond donors (Lipinski definition) is 1. The SMILES string of the molecule is Nc1cccnc1S(=O)(=O)CC(=O)N1CCCCC1. The molecule has 0 aliphatic carbocycles. The maximum absolute atomic E-state index is 12.1. The van der Waals surface area contributed by atoms with Crippen molar-refractivity contribution in [2.24, 2.45) is 0 Å². The van der Waals surface area contributed by atoms with Crippen molar-refractivity contribution in [2.45, 2.75) is 24.3 Å². The van der Waals surface area contributed by atoms with E-state index in [1.165, 1.54) is 12.3 Å². The second-order valence-corrected chi connectivity index (χ2v) is 6.50. The van der Waals surface area contributed by atoms with Gasteiger partial charge in [-0.2, -0.15) is 0 Å². The van der Waals surface area contributed by atoms with Gasteiger partial charge >= 0.3 is 0 Å². The monoisotopic (exact) mass is 283 g/mol. The van der Waals surface area contributed by atoms with Crippen molar-refractivity contribution in [1.29, 1.82) is 0 Å². The van der Waals surface area contributed by atoms with Crippen molar-refractivity contribution in [3.05, 3.63) is 18.3 Å². The molecule has 0 spiro atoms. The summed E-state index contributed by atoms with van der Waals surface area (Å²) in [5.74, 6) is -0.932. The number of hydrogen-bond acceptors (Lipinski definition) is 5. The second kappa shape index (κ2) is 5.56. The van der Waals surface area contributed by atoms with Crippen molar-refractivity contribution in [3.8, 4) is 0 Å². The molecular weight excluding hydrogens is 266 g/mol. The van der Waals surface area contributed by atoms with Gasteiger partial charge in [-0.25, -0.2) is 13.4 Å². The number of likely N-dealkylation sites (tertiary alicyclic amines) is 1. The Kier molecular flexibility index (Phi) is 4.04. The minimum absolute atomic E-state index is 0.0777. The van der Waals surface area contributed by atoms with Crippen LogP contribution in [0.5, 0.6) is 0 Å². The molecule has 2 heterocycles. The number of piperidine rings is 1. The first kappa shape index (κ1) is 13.8. The third kappa shape index (κ3) is 3.23. The van der Waals surface area contributed by atoms with Gasteiger partial charge in [0.15, 0.2) is 5.03 Å². The van der Waals surface area contributed by atoms with Crippen molar-refractivity contribution in [3.63, 3.8) is 0 Å². The predicted octanol–water partition coefficient (Wildman–Crippen LogP) is 0.450. The van der Waals surface area contributed by atoms with E-state index in [1.54, 1.807) is 11.0 Å². The van der Waals surface area contributed by atoms with Crippen molar-refractivity contribution < 1.29 is 13.2 Å². The zero-order chi connectivity index (χ0) is 13.9. The molecule has 0 saturated carbocycles. The Morgan fingerprint density at radius 1 is 1.32 bits per heavy atom. The van der Waals surface area contributed by atoms with Gasteiger partial charge in [-0.15, -0.1) is 0 Å². The van der Waals surface area contributed by atoms with Gasteiger partial charge in [-0.3, -0.25) is 4.79 Å². The molecule has 0 bridgehead atoms. The van der Waals surface area contributed by atoms with Crippen LogP contribution in [0.4, 0.5) is 5.69 Å². The molecule has 2 N–H and O–H groups in total. The van der Waals surface area contributed by atoms with Crippen LogP contribution in [-0.2, 0) is 14.6 Å². The number of nitrogens with zero attached hydrogens (tertiary/aromatic N) is 2. The Balaban J connectivity index is 2.13. The molecule has 0 unspecified atom stereocenters. The highest BCUT2D eigenvalue weighted by molar-refractivity contribution is 7.92. The predicted molar refractivity (Wildman–Crippen MR) is 71.1 cm³/mol. The number of aromatic nitrogens is 1. The molecule has 1 amide bonds. The molecule has 104 valence electrons. The summed E-state index contributed by atoms with van der Waals surface area (Å²) in [5.41, 5.74) is 5.67. The molecule has 1 aromatic rings. The zero-order valence-corrected chi connectivity index (χ0v) is 11.4. The van der Waals surface area contributed by atoms with Crippen LogP contribution in [0.1, 0.15) is 19.3 Å². The molecule has 0 radical (unpaired) electrons. The number of amides is 1. The third-order valence-corrected chi connectivity index (χ3v) is 4.67. The van der Waals surface area contributed by atoms with E-state index in [-0.39, 0.29) is 16.6 Å². The van der Waals surface area contributed by atoms with Crippen molar-refractivity contribution >= 4 is 21.4 Å². The molecule has 2 rings (SSSR count). The lowest BCUT2D eigenvalue weighted by Gasteiger charge is -2.26. The molecule has 19 heavy (non-hydrogen) atoms. The van der Waals surface area contributed by atoms with Crippen LogP contribution in [0.2, 0.25) is 0 Å². The number of rotatable bonds is 3. The van der Waals surface area contributed by atoms with Gasteiger partial charge < -0.3 is 10.6 Å². The fraction of sp³-hybridized carbons (Fsp3) is 0.500. The Bertz CT molecular complexity index is 565. The van der Waals surface area contributed by atoms with E-state index in [9.17, 15) is 13.2 Å². The number of sulfone groups is 1. The summed E-state index contributed by atoms with van der Waals surface area (Å²) >= 11 is 0. The third-order valence-electron chi connectivity index (χ3n) is 3.12. The lowest BCUT2D eigenvalue weighted by molar-refractivity contribution is -0.129. The minimum atomic E-state index is -3.77. The molecule has 1 aliphatic rings. The zero-order valence-electron chi connectivity index (χ0n) is 10.6. The summed E-state index contributed by atoms with van der Waals surface area (Å²) in [4.78, 5) is 17.3. The Hall–Kier alpha value is -1.63. The van der Waals surface area contributed by atoms with Gasteiger partial charge in [0.05, 0.1) is 5.69 Å². The molecule has 7 heteroatoms. The van der Waals surface area contributed by atoms with E-state index in [4.69, 9.17) is 5.73 Å². The fourth-order valence-electron chi connectivity index (χ4n) is 2.13. The minimum Gasteiger partial charge on any atom is -0.396 e. The molecule has 1 saturated heterocycles. The van der Waals surface area contributed by atoms with E-state index in [2.05, 4.69) is 4.98 Å². The van der Waals surface area contributed by atoms with E-state index in [0.29, 0.717) is 13.1 Å². The molecule has 0 atom stereocenters. The average Bonchev–Trinajstić information content (AvgIpc) is 2.39. The van der Waals surface area contributed by atoms with Gasteiger partial charge in [0.25, 0.3) is 0 Å². The highest BCUT2D eigenvalue weighted by Crippen LogP contribution is 2.17. The van der Waals surface area contributed by atoms with Crippen LogP contribution >= 0.6 is 0 Å². The number of nitrogen functional groups attached to an aromatic ring is 1. The van der Waals surface area contributed by atoms with Crippen LogP contribution in [-0.4, -0.2) is 43.1 Å². The Labute approximate surface area is 112 Å². The van der Waals surface area contributed by atoms with Gasteiger partial charge in [-0.05, 0) is 31.4 Å². The topological polar surface area (TPSA) is 93.4 Å². The van der Waals surface area contributed by atoms with Crippen LogP contribution in [0.15, 0.2) is 23.4 Å². The van der Waals surface area contributed by atoms with Crippen LogP contribution in [0, 0.1) is 0 Å². The summed E-state index contributed by atoms with van der Waals surface area (Å²) in [6.07, 6.45) is 4.30. The Morgan fingerprint density at radius 3 is 2.63 bits per heavy atom. The first-order valence-electron chi connectivity index (χ1n) is 6.22. The summed E-state index contributed by atoms with van der Waals surface area (Å²) in [7, 11) is -3.77. The largest absolute Gasteiger partial charge is 0.396 e. The Morgan fingerprint density at radius 2 is 2.00 bits per heavy atom. The van der Waals surface area contributed by atoms with Crippen molar-refractivity contribution in [1.82, 2.24) is 9.88 Å². The normalized spacial score (nSPS) is 16.3. The standard InChI is InChI=1S/C12H17N3O3S/c13-10-5-4-6-14-12(10)19(17,18)9-11(16)15-7-2-1-3-8-15/h4-6H,1-3,7-9,13H2. The molecule has 1 aliphatic heterocycles. The number of anilines is 1. The van der Waals surface area contributed by atoms with E-state index in [0.717, 1.165) is 19.3 Å². The lowest BCUT2D eigenvalue weighted by Crippen LogP contribution is -2.39. The molecule has 0 aromatic carbocycles. The van der Waals surface area contributed by atoms with Gasteiger partial charge in [0.1, 0.15) is 5.75 Å². The number of carbonyl (C=O) groups excluding carboxylic acids is 1. The summed E-state index contributed by atoms with van der Waals surface area (Å²) in [5, 5.41) is -0.208. The first-order chi connectivity index (χ1) is 9.00. The van der Waals surface area contributed by atoms with Crippen LogP contribution in [0.25, 0.3) is 0 Å². The van der Waals surface area contributed by atoms with E-state index in [1.807, 2.05) is 0 Å². The van der Waals surface area contributed by atoms with E-state index >= 15 is 0 Å². The highest BCUT2D eigenvalue weighted by Gasteiger charge is 2.26. The van der Waals surface area contributed by atoms with Crippen LogP contribution in [0.3, 0.4) is 0 Å². The highest BCUT2D eigenvalue weighted by atomic mass is 32.2. The second-order valence-electron chi connectivity index (χ2n) is 4.60. The summed E-state index contributed by atoms with van der Waals surface area (Å²) in [6, 6.07) is 3.02. The fourth-order valence-corrected chi connectivity index (χ4v) is 3.42.